The van der Waals surface area contributed by atoms with Crippen molar-refractivity contribution in [3.63, 3.8) is 0 Å². The fraction of sp³-hybridized carbons (Fsp3) is 0.400. The van der Waals surface area contributed by atoms with Gasteiger partial charge in [0, 0.05) is 6.04 Å². The summed E-state index contributed by atoms with van der Waals surface area (Å²) in [4.78, 5) is 0. The molecule has 1 aromatic rings. The number of aryl methyl sites for hydroxylation is 1. The smallest absolute Gasteiger partial charge is 0.167 e. The van der Waals surface area contributed by atoms with Crippen LogP contribution in [0.4, 0.5) is 4.39 Å². The van der Waals surface area contributed by atoms with Gasteiger partial charge in [-0.1, -0.05) is 12.1 Å². The summed E-state index contributed by atoms with van der Waals surface area (Å²) < 4.78 is 13.2. The molecule has 0 radical (unpaired) electrons. The van der Waals surface area contributed by atoms with Gasteiger partial charge in [-0.05, 0) is 31.4 Å². The highest BCUT2D eigenvalue weighted by molar-refractivity contribution is 5.29. The van der Waals surface area contributed by atoms with Crippen molar-refractivity contribution in [1.29, 1.82) is 0 Å². The number of rotatable bonds is 3. The predicted molar refractivity (Wildman–Crippen MR) is 50.0 cm³/mol. The van der Waals surface area contributed by atoms with Crippen LogP contribution >= 0.6 is 0 Å². The number of hydrogen-bond donors (Lipinski definition) is 2. The molecule has 0 saturated heterocycles. The molecule has 0 fully saturated rings. The lowest BCUT2D eigenvalue weighted by Crippen LogP contribution is -2.15. The number of benzene rings is 1. The molecule has 1 aromatic carbocycles. The molecular weight excluding hydrogens is 169 g/mol. The molecule has 0 heterocycles. The van der Waals surface area contributed by atoms with Crippen LogP contribution in [0, 0.1) is 5.82 Å². The van der Waals surface area contributed by atoms with Crippen molar-refractivity contribution < 1.29 is 9.50 Å². The first-order valence-corrected chi connectivity index (χ1v) is 4.33. The van der Waals surface area contributed by atoms with E-state index in [2.05, 4.69) is 0 Å². The van der Waals surface area contributed by atoms with E-state index in [0.717, 1.165) is 6.42 Å². The molecule has 0 amide bonds. The highest BCUT2D eigenvalue weighted by Gasteiger charge is 2.06. The van der Waals surface area contributed by atoms with Gasteiger partial charge in [0.1, 0.15) is 0 Å². The highest BCUT2D eigenvalue weighted by Crippen LogP contribution is 2.19. The van der Waals surface area contributed by atoms with Crippen LogP contribution in [-0.2, 0) is 6.42 Å². The van der Waals surface area contributed by atoms with E-state index in [1.54, 1.807) is 12.1 Å². The molecule has 1 atom stereocenters. The molecule has 0 saturated carbocycles. The third-order valence-corrected chi connectivity index (χ3v) is 1.93. The lowest BCUT2D eigenvalue weighted by Gasteiger charge is -2.06. The number of halogens is 1. The highest BCUT2D eigenvalue weighted by atomic mass is 19.1. The zero-order chi connectivity index (χ0) is 9.84. The van der Waals surface area contributed by atoms with Crippen molar-refractivity contribution in [1.82, 2.24) is 0 Å². The fourth-order valence-electron chi connectivity index (χ4n) is 1.14. The second-order valence-corrected chi connectivity index (χ2v) is 3.27. The van der Waals surface area contributed by atoms with Gasteiger partial charge < -0.3 is 10.8 Å². The molecule has 0 aliphatic carbocycles. The second-order valence-electron chi connectivity index (χ2n) is 3.27. The number of aromatic hydroxyl groups is 1. The number of phenolic OH excluding ortho intramolecular Hbond substituents is 1. The first-order valence-electron chi connectivity index (χ1n) is 4.33. The summed E-state index contributed by atoms with van der Waals surface area (Å²) in [7, 11) is 0. The Morgan fingerprint density at radius 2 is 2.23 bits per heavy atom. The van der Waals surface area contributed by atoms with E-state index >= 15 is 0 Å². The van der Waals surface area contributed by atoms with Crippen molar-refractivity contribution in [2.45, 2.75) is 25.8 Å². The topological polar surface area (TPSA) is 46.2 Å². The van der Waals surface area contributed by atoms with E-state index in [9.17, 15) is 4.39 Å². The molecule has 0 aliphatic heterocycles. The standard InChI is InChI=1S/C10H14FNO/c1-7(12)5-6-8-3-2-4-9(13)10(8)11/h2-4,7,13H,5-6,12H2,1H3. The summed E-state index contributed by atoms with van der Waals surface area (Å²) in [5, 5.41) is 9.06. The van der Waals surface area contributed by atoms with Gasteiger partial charge in [-0.2, -0.15) is 0 Å². The minimum absolute atomic E-state index is 0.0572. The van der Waals surface area contributed by atoms with Gasteiger partial charge >= 0.3 is 0 Å². The first-order chi connectivity index (χ1) is 6.11. The van der Waals surface area contributed by atoms with Gasteiger partial charge in [-0.3, -0.25) is 0 Å². The molecule has 2 nitrogen and oxygen atoms in total. The maximum atomic E-state index is 13.2. The fourth-order valence-corrected chi connectivity index (χ4v) is 1.14. The van der Waals surface area contributed by atoms with E-state index in [-0.39, 0.29) is 11.8 Å². The van der Waals surface area contributed by atoms with Gasteiger partial charge in [0.2, 0.25) is 0 Å². The lowest BCUT2D eigenvalue weighted by molar-refractivity contribution is 0.427. The minimum Gasteiger partial charge on any atom is -0.505 e. The van der Waals surface area contributed by atoms with Gasteiger partial charge in [-0.25, -0.2) is 4.39 Å². The molecule has 72 valence electrons. The average molecular weight is 183 g/mol. The molecule has 0 spiro atoms. The Hall–Kier alpha value is -1.09. The zero-order valence-corrected chi connectivity index (χ0v) is 7.63. The zero-order valence-electron chi connectivity index (χ0n) is 7.63. The molecule has 1 unspecified atom stereocenters. The van der Waals surface area contributed by atoms with Crippen LogP contribution in [0.1, 0.15) is 18.9 Å². The summed E-state index contributed by atoms with van der Waals surface area (Å²) in [6.45, 7) is 1.88. The monoisotopic (exact) mass is 183 g/mol. The predicted octanol–water partition coefficient (Wildman–Crippen LogP) is 1.81. The lowest BCUT2D eigenvalue weighted by atomic mass is 10.1. The Bertz CT molecular complexity index is 286. The van der Waals surface area contributed by atoms with Crippen molar-refractivity contribution >= 4 is 0 Å². The maximum absolute atomic E-state index is 13.2. The molecular formula is C10H14FNO. The van der Waals surface area contributed by atoms with Crippen molar-refractivity contribution in [2.75, 3.05) is 0 Å². The van der Waals surface area contributed by atoms with Crippen LogP contribution in [0.2, 0.25) is 0 Å². The van der Waals surface area contributed by atoms with Crippen LogP contribution in [0.25, 0.3) is 0 Å². The molecule has 13 heavy (non-hydrogen) atoms. The third-order valence-electron chi connectivity index (χ3n) is 1.93. The quantitative estimate of drug-likeness (QED) is 0.750. The Morgan fingerprint density at radius 3 is 2.85 bits per heavy atom. The first kappa shape index (κ1) is 9.99. The Kier molecular flexibility index (Phi) is 3.25. The Balaban J connectivity index is 2.71. The molecule has 0 bridgehead atoms. The van der Waals surface area contributed by atoms with Crippen LogP contribution in [0.5, 0.6) is 5.75 Å². The van der Waals surface area contributed by atoms with Crippen LogP contribution < -0.4 is 5.73 Å². The summed E-state index contributed by atoms with van der Waals surface area (Å²) >= 11 is 0. The normalized spacial score (nSPS) is 12.8. The van der Waals surface area contributed by atoms with Crippen molar-refractivity contribution in [3.05, 3.63) is 29.6 Å². The van der Waals surface area contributed by atoms with Gasteiger partial charge in [-0.15, -0.1) is 0 Å². The molecule has 3 N–H and O–H groups in total. The van der Waals surface area contributed by atoms with E-state index < -0.39 is 5.82 Å². The van der Waals surface area contributed by atoms with Crippen molar-refractivity contribution in [3.8, 4) is 5.75 Å². The summed E-state index contributed by atoms with van der Waals surface area (Å²) in [6, 6.07) is 4.69. The van der Waals surface area contributed by atoms with Crippen LogP contribution in [-0.4, -0.2) is 11.1 Å². The molecule has 3 heteroatoms. The maximum Gasteiger partial charge on any atom is 0.167 e. The van der Waals surface area contributed by atoms with E-state index in [0.29, 0.717) is 12.0 Å². The number of nitrogens with two attached hydrogens (primary N) is 1. The van der Waals surface area contributed by atoms with Gasteiger partial charge in [0.05, 0.1) is 0 Å². The van der Waals surface area contributed by atoms with E-state index in [4.69, 9.17) is 10.8 Å². The third kappa shape index (κ3) is 2.70. The largest absolute Gasteiger partial charge is 0.505 e. The van der Waals surface area contributed by atoms with Gasteiger partial charge in [0.25, 0.3) is 0 Å². The molecule has 1 rings (SSSR count). The van der Waals surface area contributed by atoms with E-state index in [1.807, 2.05) is 6.92 Å². The van der Waals surface area contributed by atoms with E-state index in [1.165, 1.54) is 6.07 Å². The second kappa shape index (κ2) is 4.23. The number of phenols is 1. The minimum atomic E-state index is -0.525. The van der Waals surface area contributed by atoms with Crippen LogP contribution in [0.15, 0.2) is 18.2 Å². The van der Waals surface area contributed by atoms with Crippen LogP contribution in [0.3, 0.4) is 0 Å². The molecule has 0 aromatic heterocycles. The van der Waals surface area contributed by atoms with Gasteiger partial charge in [0.15, 0.2) is 11.6 Å². The molecule has 0 aliphatic rings. The SMILES string of the molecule is CC(N)CCc1cccc(O)c1F. The number of hydrogen-bond acceptors (Lipinski definition) is 2. The average Bonchev–Trinajstić information content (AvgIpc) is 2.07. The Morgan fingerprint density at radius 1 is 1.54 bits per heavy atom. The summed E-state index contributed by atoms with van der Waals surface area (Å²) in [5.74, 6) is -0.815. The summed E-state index contributed by atoms with van der Waals surface area (Å²) in [5.41, 5.74) is 6.07. The Labute approximate surface area is 77.2 Å². The van der Waals surface area contributed by atoms with Crippen molar-refractivity contribution in [2.24, 2.45) is 5.73 Å². The summed E-state index contributed by atoms with van der Waals surface area (Å²) in [6.07, 6.45) is 1.29.